The molecule has 1 aromatic carbocycles. The van der Waals surface area contributed by atoms with Crippen molar-refractivity contribution in [2.24, 2.45) is 0 Å². The van der Waals surface area contributed by atoms with Crippen LogP contribution in [0.4, 0.5) is 11.8 Å². The highest BCUT2D eigenvalue weighted by Crippen LogP contribution is 2.10. The molecule has 10 heteroatoms. The number of anilines is 2. The highest BCUT2D eigenvalue weighted by Gasteiger charge is 2.07. The largest absolute Gasteiger partial charge is 0.368 e. The summed E-state index contributed by atoms with van der Waals surface area (Å²) in [6.45, 7) is 5.65. The van der Waals surface area contributed by atoms with Gasteiger partial charge in [0.15, 0.2) is 0 Å². The molecule has 0 fully saturated rings. The predicted molar refractivity (Wildman–Crippen MR) is 101 cm³/mol. The van der Waals surface area contributed by atoms with Gasteiger partial charge >= 0.3 is 0 Å². The Balaban J connectivity index is 1.52. The van der Waals surface area contributed by atoms with Crippen LogP contribution < -0.4 is 16.0 Å². The van der Waals surface area contributed by atoms with Gasteiger partial charge in [-0.3, -0.25) is 4.79 Å². The standard InChI is InChI=1S/C17H21N9O/c1-3-18-17-22-12(2)9-15(23-17)19-7-8-20-16(27)13-5-4-6-14(10-13)26-11-21-24-25-26/h4-6,9-11H,3,7-8H2,1-2H3,(H,20,27)(H2,18,19,22,23). The highest BCUT2D eigenvalue weighted by atomic mass is 16.1. The number of rotatable bonds is 8. The molecule has 0 unspecified atom stereocenters. The normalized spacial score (nSPS) is 10.4. The van der Waals surface area contributed by atoms with Crippen LogP contribution >= 0.6 is 0 Å². The molecule has 0 atom stereocenters. The molecule has 10 nitrogen and oxygen atoms in total. The second-order valence-electron chi connectivity index (χ2n) is 5.74. The van der Waals surface area contributed by atoms with E-state index in [1.807, 2.05) is 26.0 Å². The molecule has 0 saturated heterocycles. The molecule has 0 spiro atoms. The van der Waals surface area contributed by atoms with Crippen molar-refractivity contribution in [1.82, 2.24) is 35.5 Å². The van der Waals surface area contributed by atoms with Crippen molar-refractivity contribution < 1.29 is 4.79 Å². The number of aryl methyl sites for hydroxylation is 1. The SMILES string of the molecule is CCNc1nc(C)cc(NCCNC(=O)c2cccc(-n3cnnn3)c2)n1. The molecule has 0 saturated carbocycles. The fraction of sp³-hybridized carbons (Fsp3) is 0.294. The van der Waals surface area contributed by atoms with E-state index >= 15 is 0 Å². The first-order chi connectivity index (χ1) is 13.2. The monoisotopic (exact) mass is 367 g/mol. The third-order valence-corrected chi connectivity index (χ3v) is 3.63. The number of nitrogens with one attached hydrogen (secondary N) is 3. The van der Waals surface area contributed by atoms with E-state index in [1.54, 1.807) is 18.2 Å². The van der Waals surface area contributed by atoms with Crippen LogP contribution in [0, 0.1) is 6.92 Å². The molecular weight excluding hydrogens is 346 g/mol. The van der Waals surface area contributed by atoms with Gasteiger partial charge in [-0.1, -0.05) is 6.07 Å². The average Bonchev–Trinajstić information content (AvgIpc) is 3.20. The van der Waals surface area contributed by atoms with E-state index in [4.69, 9.17) is 0 Å². The summed E-state index contributed by atoms with van der Waals surface area (Å²) in [4.78, 5) is 21.0. The third-order valence-electron chi connectivity index (χ3n) is 3.63. The lowest BCUT2D eigenvalue weighted by molar-refractivity contribution is 0.0955. The van der Waals surface area contributed by atoms with Crippen LogP contribution in [0.5, 0.6) is 0 Å². The van der Waals surface area contributed by atoms with Crippen LogP contribution in [0.2, 0.25) is 0 Å². The van der Waals surface area contributed by atoms with Gasteiger partial charge in [-0.2, -0.15) is 4.98 Å². The molecule has 3 rings (SSSR count). The summed E-state index contributed by atoms with van der Waals surface area (Å²) < 4.78 is 1.50. The van der Waals surface area contributed by atoms with Gasteiger partial charge in [0.25, 0.3) is 5.91 Å². The summed E-state index contributed by atoms with van der Waals surface area (Å²) in [5, 5.41) is 20.2. The van der Waals surface area contributed by atoms with Crippen LogP contribution in [0.3, 0.4) is 0 Å². The minimum absolute atomic E-state index is 0.168. The summed E-state index contributed by atoms with van der Waals surface area (Å²) in [6, 6.07) is 8.95. The summed E-state index contributed by atoms with van der Waals surface area (Å²) in [6.07, 6.45) is 1.48. The van der Waals surface area contributed by atoms with Gasteiger partial charge in [0.1, 0.15) is 12.1 Å². The van der Waals surface area contributed by atoms with Crippen molar-refractivity contribution in [3.63, 3.8) is 0 Å². The molecule has 2 heterocycles. The minimum Gasteiger partial charge on any atom is -0.368 e. The Hall–Kier alpha value is -3.56. The van der Waals surface area contributed by atoms with Crippen molar-refractivity contribution >= 4 is 17.7 Å². The molecular formula is C17H21N9O. The molecule has 140 valence electrons. The molecule has 0 aliphatic heterocycles. The summed E-state index contributed by atoms with van der Waals surface area (Å²) in [5.74, 6) is 1.13. The number of amides is 1. The van der Waals surface area contributed by atoms with Gasteiger partial charge in [0, 0.05) is 37.0 Å². The quantitative estimate of drug-likeness (QED) is 0.505. The van der Waals surface area contributed by atoms with Crippen LogP contribution in [0.15, 0.2) is 36.7 Å². The second-order valence-corrected chi connectivity index (χ2v) is 5.74. The van der Waals surface area contributed by atoms with E-state index in [2.05, 4.69) is 41.4 Å². The maximum Gasteiger partial charge on any atom is 0.251 e. The lowest BCUT2D eigenvalue weighted by Gasteiger charge is -2.10. The molecule has 0 aliphatic rings. The van der Waals surface area contributed by atoms with Crippen molar-refractivity contribution in [3.8, 4) is 5.69 Å². The number of carbonyl (C=O) groups is 1. The molecule has 27 heavy (non-hydrogen) atoms. The number of carbonyl (C=O) groups excluding carboxylic acids is 1. The van der Waals surface area contributed by atoms with Crippen LogP contribution in [-0.4, -0.2) is 55.7 Å². The van der Waals surface area contributed by atoms with E-state index in [0.717, 1.165) is 17.9 Å². The Labute approximate surface area is 156 Å². The fourth-order valence-electron chi connectivity index (χ4n) is 2.43. The topological polar surface area (TPSA) is 123 Å². The number of benzene rings is 1. The minimum atomic E-state index is -0.168. The van der Waals surface area contributed by atoms with E-state index in [0.29, 0.717) is 30.4 Å². The zero-order valence-corrected chi connectivity index (χ0v) is 15.2. The Morgan fingerprint density at radius 2 is 2.04 bits per heavy atom. The van der Waals surface area contributed by atoms with Gasteiger partial charge in [0.2, 0.25) is 5.95 Å². The Kier molecular flexibility index (Phi) is 5.87. The van der Waals surface area contributed by atoms with Crippen molar-refractivity contribution in [2.75, 3.05) is 30.3 Å². The lowest BCUT2D eigenvalue weighted by Crippen LogP contribution is -2.29. The Bertz CT molecular complexity index is 895. The van der Waals surface area contributed by atoms with Gasteiger partial charge in [0.05, 0.1) is 5.69 Å². The van der Waals surface area contributed by atoms with Crippen LogP contribution in [0.1, 0.15) is 23.0 Å². The second kappa shape index (κ2) is 8.70. The zero-order valence-electron chi connectivity index (χ0n) is 15.2. The van der Waals surface area contributed by atoms with Gasteiger partial charge in [-0.25, -0.2) is 9.67 Å². The number of nitrogens with zero attached hydrogens (tertiary/aromatic N) is 6. The summed E-state index contributed by atoms with van der Waals surface area (Å²) in [7, 11) is 0. The Morgan fingerprint density at radius 1 is 1.15 bits per heavy atom. The van der Waals surface area contributed by atoms with Crippen molar-refractivity contribution in [2.45, 2.75) is 13.8 Å². The van der Waals surface area contributed by atoms with E-state index in [1.165, 1.54) is 11.0 Å². The summed E-state index contributed by atoms with van der Waals surface area (Å²) >= 11 is 0. The highest BCUT2D eigenvalue weighted by molar-refractivity contribution is 5.94. The van der Waals surface area contributed by atoms with Crippen molar-refractivity contribution in [3.05, 3.63) is 47.9 Å². The van der Waals surface area contributed by atoms with E-state index in [9.17, 15) is 4.79 Å². The number of aromatic nitrogens is 6. The molecule has 0 radical (unpaired) electrons. The molecule has 3 N–H and O–H groups in total. The fourth-order valence-corrected chi connectivity index (χ4v) is 2.43. The maximum atomic E-state index is 12.3. The lowest BCUT2D eigenvalue weighted by atomic mass is 10.2. The van der Waals surface area contributed by atoms with Crippen LogP contribution in [-0.2, 0) is 0 Å². The molecule has 2 aromatic heterocycles. The molecule has 1 amide bonds. The maximum absolute atomic E-state index is 12.3. The smallest absolute Gasteiger partial charge is 0.251 e. The summed E-state index contributed by atoms with van der Waals surface area (Å²) in [5.41, 5.74) is 2.13. The average molecular weight is 367 g/mol. The van der Waals surface area contributed by atoms with Crippen LogP contribution in [0.25, 0.3) is 5.69 Å². The number of hydrogen-bond donors (Lipinski definition) is 3. The van der Waals surface area contributed by atoms with Crippen molar-refractivity contribution in [1.29, 1.82) is 0 Å². The first-order valence-corrected chi connectivity index (χ1v) is 8.61. The first-order valence-electron chi connectivity index (χ1n) is 8.61. The molecule has 3 aromatic rings. The van der Waals surface area contributed by atoms with E-state index in [-0.39, 0.29) is 5.91 Å². The third kappa shape index (κ3) is 4.97. The van der Waals surface area contributed by atoms with Gasteiger partial charge < -0.3 is 16.0 Å². The molecule has 0 bridgehead atoms. The van der Waals surface area contributed by atoms with E-state index < -0.39 is 0 Å². The number of hydrogen-bond acceptors (Lipinski definition) is 8. The van der Waals surface area contributed by atoms with Gasteiger partial charge in [-0.15, -0.1) is 5.10 Å². The molecule has 0 aliphatic carbocycles. The first kappa shape index (κ1) is 18.2. The van der Waals surface area contributed by atoms with Gasteiger partial charge in [-0.05, 0) is 42.5 Å². The predicted octanol–water partition coefficient (Wildman–Crippen LogP) is 1.03. The zero-order chi connectivity index (χ0) is 19.1. The number of tetrazole rings is 1. The Morgan fingerprint density at radius 3 is 2.81 bits per heavy atom.